The summed E-state index contributed by atoms with van der Waals surface area (Å²) in [6.07, 6.45) is 1.75. The number of aryl methyl sites for hydroxylation is 1. The van der Waals surface area contributed by atoms with Gasteiger partial charge in [-0.3, -0.25) is 9.69 Å². The molecule has 110 valence electrons. The van der Waals surface area contributed by atoms with E-state index in [-0.39, 0.29) is 18.1 Å². The van der Waals surface area contributed by atoms with Crippen molar-refractivity contribution in [3.63, 3.8) is 0 Å². The van der Waals surface area contributed by atoms with Crippen molar-refractivity contribution in [3.8, 4) is 0 Å². The Morgan fingerprint density at radius 2 is 2.10 bits per heavy atom. The van der Waals surface area contributed by atoms with Crippen LogP contribution in [0, 0.1) is 0 Å². The van der Waals surface area contributed by atoms with Crippen LogP contribution < -0.4 is 4.90 Å². The van der Waals surface area contributed by atoms with Gasteiger partial charge in [0.1, 0.15) is 18.0 Å². The van der Waals surface area contributed by atoms with Gasteiger partial charge in [-0.05, 0) is 6.92 Å². The zero-order chi connectivity index (χ0) is 14.1. The zero-order valence-electron chi connectivity index (χ0n) is 11.9. The molecule has 0 spiro atoms. The van der Waals surface area contributed by atoms with Crippen LogP contribution in [0.1, 0.15) is 26.1 Å². The number of ether oxygens (including phenoxy) is 1. The van der Waals surface area contributed by atoms with Crippen LogP contribution in [0.15, 0.2) is 0 Å². The summed E-state index contributed by atoms with van der Waals surface area (Å²) in [5.74, 6) is 0.857. The fourth-order valence-electron chi connectivity index (χ4n) is 2.78. The number of carbonyl (C=O) groups is 1. The predicted molar refractivity (Wildman–Crippen MR) is 77.0 cm³/mol. The van der Waals surface area contributed by atoms with E-state index < -0.39 is 0 Å². The topological polar surface area (TPSA) is 58.6 Å². The second kappa shape index (κ2) is 5.65. The fraction of sp³-hybridized carbons (Fsp3) is 0.769. The van der Waals surface area contributed by atoms with Gasteiger partial charge in [0.05, 0.1) is 0 Å². The molecule has 7 heteroatoms. The quantitative estimate of drug-likeness (QED) is 0.773. The predicted octanol–water partition coefficient (Wildman–Crippen LogP) is 0.926. The van der Waals surface area contributed by atoms with Crippen LogP contribution >= 0.6 is 11.5 Å². The Morgan fingerprint density at radius 1 is 1.35 bits per heavy atom. The monoisotopic (exact) mass is 296 g/mol. The van der Waals surface area contributed by atoms with Gasteiger partial charge < -0.3 is 9.64 Å². The minimum Gasteiger partial charge on any atom is -0.461 e. The normalized spacial score (nSPS) is 27.9. The first-order valence-electron chi connectivity index (χ1n) is 7.19. The van der Waals surface area contributed by atoms with E-state index >= 15 is 0 Å². The highest BCUT2D eigenvalue weighted by molar-refractivity contribution is 7.09. The number of hydrogen-bond acceptors (Lipinski definition) is 7. The van der Waals surface area contributed by atoms with Gasteiger partial charge in [-0.25, -0.2) is 4.98 Å². The SMILES string of the molecule is CCc1nsc(N2CCN([C@@H]3C[C@H](C)OC3=O)CC2)n1. The molecule has 0 aromatic carbocycles. The van der Waals surface area contributed by atoms with Crippen molar-refractivity contribution in [2.75, 3.05) is 31.1 Å². The van der Waals surface area contributed by atoms with Gasteiger partial charge in [0, 0.05) is 50.6 Å². The largest absolute Gasteiger partial charge is 0.461 e. The minimum absolute atomic E-state index is 0.0484. The molecule has 0 bridgehead atoms. The molecule has 2 saturated heterocycles. The zero-order valence-corrected chi connectivity index (χ0v) is 12.7. The number of nitrogens with zero attached hydrogens (tertiary/aromatic N) is 4. The summed E-state index contributed by atoms with van der Waals surface area (Å²) in [7, 11) is 0. The molecule has 6 nitrogen and oxygen atoms in total. The molecule has 0 amide bonds. The van der Waals surface area contributed by atoms with Crippen LogP contribution in [0.2, 0.25) is 0 Å². The van der Waals surface area contributed by atoms with Crippen LogP contribution in [0.25, 0.3) is 0 Å². The van der Waals surface area contributed by atoms with Crippen LogP contribution in [0.3, 0.4) is 0 Å². The molecule has 1 aromatic heterocycles. The van der Waals surface area contributed by atoms with E-state index in [2.05, 4.69) is 26.1 Å². The van der Waals surface area contributed by atoms with Crippen molar-refractivity contribution in [1.29, 1.82) is 0 Å². The highest BCUT2D eigenvalue weighted by atomic mass is 32.1. The maximum Gasteiger partial charge on any atom is 0.323 e. The summed E-state index contributed by atoms with van der Waals surface area (Å²) >= 11 is 1.47. The lowest BCUT2D eigenvalue weighted by atomic mass is 10.1. The molecule has 0 saturated carbocycles. The van der Waals surface area contributed by atoms with E-state index in [0.29, 0.717) is 0 Å². The lowest BCUT2D eigenvalue weighted by Crippen LogP contribution is -2.51. The van der Waals surface area contributed by atoms with Crippen molar-refractivity contribution in [2.45, 2.75) is 38.8 Å². The molecule has 20 heavy (non-hydrogen) atoms. The van der Waals surface area contributed by atoms with Crippen molar-refractivity contribution in [3.05, 3.63) is 5.82 Å². The minimum atomic E-state index is -0.0601. The number of esters is 1. The molecule has 3 heterocycles. The second-order valence-corrected chi connectivity index (χ2v) is 6.10. The van der Waals surface area contributed by atoms with Crippen molar-refractivity contribution in [1.82, 2.24) is 14.3 Å². The average Bonchev–Trinajstić information content (AvgIpc) is 3.05. The summed E-state index contributed by atoms with van der Waals surface area (Å²) in [4.78, 5) is 20.8. The third-order valence-corrected chi connectivity index (χ3v) is 4.76. The van der Waals surface area contributed by atoms with E-state index in [9.17, 15) is 4.79 Å². The lowest BCUT2D eigenvalue weighted by Gasteiger charge is -2.36. The van der Waals surface area contributed by atoms with Crippen molar-refractivity contribution < 1.29 is 9.53 Å². The fourth-order valence-corrected chi connectivity index (χ4v) is 3.58. The molecule has 3 rings (SSSR count). The molecular formula is C13H20N4O2S. The van der Waals surface area contributed by atoms with Crippen LogP contribution in [0.5, 0.6) is 0 Å². The van der Waals surface area contributed by atoms with E-state index in [0.717, 1.165) is 50.0 Å². The molecule has 1 aromatic rings. The van der Waals surface area contributed by atoms with Crippen molar-refractivity contribution >= 4 is 22.6 Å². The first-order chi connectivity index (χ1) is 9.67. The van der Waals surface area contributed by atoms with E-state index in [1.807, 2.05) is 6.92 Å². The van der Waals surface area contributed by atoms with Gasteiger partial charge in [-0.2, -0.15) is 4.37 Å². The maximum atomic E-state index is 11.8. The second-order valence-electron chi connectivity index (χ2n) is 5.37. The molecule has 2 aliphatic rings. The summed E-state index contributed by atoms with van der Waals surface area (Å²) in [6, 6.07) is -0.0484. The first-order valence-corrected chi connectivity index (χ1v) is 7.96. The van der Waals surface area contributed by atoms with Crippen LogP contribution in [0.4, 0.5) is 5.13 Å². The van der Waals surface area contributed by atoms with Gasteiger partial charge in [0.2, 0.25) is 5.13 Å². The molecule has 0 N–H and O–H groups in total. The Morgan fingerprint density at radius 3 is 2.65 bits per heavy atom. The van der Waals surface area contributed by atoms with Crippen LogP contribution in [-0.4, -0.2) is 58.6 Å². The molecular weight excluding hydrogens is 276 g/mol. The third kappa shape index (κ3) is 2.64. The van der Waals surface area contributed by atoms with Crippen molar-refractivity contribution in [2.24, 2.45) is 0 Å². The number of hydrogen-bond donors (Lipinski definition) is 0. The molecule has 2 aliphatic heterocycles. The summed E-state index contributed by atoms with van der Waals surface area (Å²) in [6.45, 7) is 7.59. The summed E-state index contributed by atoms with van der Waals surface area (Å²) in [5.41, 5.74) is 0. The Kier molecular flexibility index (Phi) is 3.89. The number of anilines is 1. The summed E-state index contributed by atoms with van der Waals surface area (Å²) in [5, 5.41) is 1.00. The molecule has 0 radical (unpaired) electrons. The third-order valence-electron chi connectivity index (χ3n) is 3.94. The Hall–Kier alpha value is -1.21. The number of cyclic esters (lactones) is 1. The number of piperazine rings is 1. The Balaban J connectivity index is 1.58. The number of carbonyl (C=O) groups excluding carboxylic acids is 1. The average molecular weight is 296 g/mol. The smallest absolute Gasteiger partial charge is 0.323 e. The van der Waals surface area contributed by atoms with Gasteiger partial charge in [-0.1, -0.05) is 6.92 Å². The molecule has 0 aliphatic carbocycles. The first kappa shape index (κ1) is 13.8. The Bertz CT molecular complexity index is 484. The van der Waals surface area contributed by atoms with Gasteiger partial charge in [-0.15, -0.1) is 0 Å². The highest BCUT2D eigenvalue weighted by Crippen LogP contribution is 2.24. The maximum absolute atomic E-state index is 11.8. The lowest BCUT2D eigenvalue weighted by molar-refractivity contribution is -0.144. The van der Waals surface area contributed by atoms with E-state index in [4.69, 9.17) is 4.74 Å². The highest BCUT2D eigenvalue weighted by Gasteiger charge is 2.37. The molecule has 2 atom stereocenters. The summed E-state index contributed by atoms with van der Waals surface area (Å²) < 4.78 is 9.57. The van der Waals surface area contributed by atoms with Gasteiger partial charge >= 0.3 is 5.97 Å². The van der Waals surface area contributed by atoms with Crippen LogP contribution in [-0.2, 0) is 16.0 Å². The number of aromatic nitrogens is 2. The standard InChI is InChI=1S/C13H20N4O2S/c1-3-11-14-13(20-15-11)17-6-4-16(5-7-17)10-8-9(2)19-12(10)18/h9-10H,3-8H2,1-2H3/t9-,10+/m0/s1. The molecule has 2 fully saturated rings. The van der Waals surface area contributed by atoms with Gasteiger partial charge in [0.25, 0.3) is 0 Å². The van der Waals surface area contributed by atoms with Gasteiger partial charge in [0.15, 0.2) is 0 Å². The Labute approximate surface area is 122 Å². The van der Waals surface area contributed by atoms with E-state index in [1.165, 1.54) is 11.5 Å². The number of rotatable bonds is 3. The molecule has 0 unspecified atom stereocenters. The van der Waals surface area contributed by atoms with E-state index in [1.54, 1.807) is 0 Å².